The molecule has 0 aliphatic carbocycles. The van der Waals surface area contributed by atoms with Crippen molar-refractivity contribution in [2.45, 2.75) is 32.7 Å². The Morgan fingerprint density at radius 3 is 2.42 bits per heavy atom. The van der Waals surface area contributed by atoms with Crippen LogP contribution < -0.4 is 20.7 Å². The Hall–Kier alpha value is -3.59. The Labute approximate surface area is 194 Å². The number of rotatable bonds is 11. The SMILES string of the molecule is COc1cc(C(CN(C)CCCC(=O)O)NC(C)=O)ccc1NC(=O)Nc1ccccc1C. The van der Waals surface area contributed by atoms with Gasteiger partial charge in [-0.3, -0.25) is 9.59 Å². The second-order valence-electron chi connectivity index (χ2n) is 7.87. The number of methoxy groups -OCH3 is 1. The minimum atomic E-state index is -0.832. The number of nitrogens with zero attached hydrogens (tertiary/aromatic N) is 1. The molecule has 0 saturated heterocycles. The number of benzene rings is 2. The number of nitrogens with one attached hydrogen (secondary N) is 3. The van der Waals surface area contributed by atoms with E-state index in [0.717, 1.165) is 11.1 Å². The molecule has 3 amide bonds. The number of urea groups is 1. The number of anilines is 2. The van der Waals surface area contributed by atoms with Crippen molar-refractivity contribution in [1.82, 2.24) is 10.2 Å². The fourth-order valence-corrected chi connectivity index (χ4v) is 3.40. The first kappa shape index (κ1) is 25.7. The lowest BCUT2D eigenvalue weighted by Crippen LogP contribution is -2.36. The van der Waals surface area contributed by atoms with E-state index in [4.69, 9.17) is 9.84 Å². The van der Waals surface area contributed by atoms with E-state index in [9.17, 15) is 14.4 Å². The Morgan fingerprint density at radius 1 is 1.09 bits per heavy atom. The summed E-state index contributed by atoms with van der Waals surface area (Å²) in [6, 6.07) is 12.1. The zero-order chi connectivity index (χ0) is 24.4. The van der Waals surface area contributed by atoms with Gasteiger partial charge in [0.25, 0.3) is 0 Å². The lowest BCUT2D eigenvalue weighted by atomic mass is 10.0. The summed E-state index contributed by atoms with van der Waals surface area (Å²) >= 11 is 0. The molecule has 2 aromatic rings. The highest BCUT2D eigenvalue weighted by molar-refractivity contribution is 6.01. The minimum Gasteiger partial charge on any atom is -0.495 e. The van der Waals surface area contributed by atoms with Crippen molar-refractivity contribution in [1.29, 1.82) is 0 Å². The molecular formula is C24H32N4O5. The maximum Gasteiger partial charge on any atom is 0.323 e. The summed E-state index contributed by atoms with van der Waals surface area (Å²) in [6.07, 6.45) is 0.606. The van der Waals surface area contributed by atoms with Crippen LogP contribution >= 0.6 is 0 Å². The number of carbonyl (C=O) groups is 3. The van der Waals surface area contributed by atoms with Crippen LogP contribution in [0.2, 0.25) is 0 Å². The molecule has 0 heterocycles. The van der Waals surface area contributed by atoms with E-state index in [1.54, 1.807) is 12.1 Å². The number of para-hydroxylation sites is 1. The van der Waals surface area contributed by atoms with E-state index in [-0.39, 0.29) is 18.4 Å². The van der Waals surface area contributed by atoms with Gasteiger partial charge in [0.1, 0.15) is 5.75 Å². The number of aliphatic carboxylic acids is 1. The van der Waals surface area contributed by atoms with Gasteiger partial charge < -0.3 is 30.7 Å². The van der Waals surface area contributed by atoms with Gasteiger partial charge in [0.2, 0.25) is 5.91 Å². The Balaban J connectivity index is 2.12. The number of carbonyl (C=O) groups excluding carboxylic acids is 2. The number of aryl methyl sites for hydroxylation is 1. The normalized spacial score (nSPS) is 11.5. The number of hydrogen-bond donors (Lipinski definition) is 4. The molecule has 0 saturated carbocycles. The van der Waals surface area contributed by atoms with Gasteiger partial charge >= 0.3 is 12.0 Å². The number of hydrogen-bond acceptors (Lipinski definition) is 5. The molecule has 1 unspecified atom stereocenters. The van der Waals surface area contributed by atoms with Gasteiger partial charge in [-0.2, -0.15) is 0 Å². The molecule has 4 N–H and O–H groups in total. The lowest BCUT2D eigenvalue weighted by molar-refractivity contribution is -0.137. The molecule has 0 aromatic heterocycles. The van der Waals surface area contributed by atoms with E-state index in [2.05, 4.69) is 16.0 Å². The molecule has 178 valence electrons. The molecule has 1 atom stereocenters. The highest BCUT2D eigenvalue weighted by Crippen LogP contribution is 2.29. The van der Waals surface area contributed by atoms with Crippen molar-refractivity contribution < 1.29 is 24.2 Å². The number of carboxylic acids is 1. The summed E-state index contributed by atoms with van der Waals surface area (Å²) in [5.74, 6) is -0.560. The zero-order valence-electron chi connectivity index (χ0n) is 19.5. The zero-order valence-corrected chi connectivity index (χ0v) is 19.5. The first-order chi connectivity index (χ1) is 15.7. The van der Waals surface area contributed by atoms with Crippen molar-refractivity contribution >= 4 is 29.3 Å². The largest absolute Gasteiger partial charge is 0.495 e. The van der Waals surface area contributed by atoms with Gasteiger partial charge in [-0.25, -0.2) is 4.79 Å². The third-order valence-electron chi connectivity index (χ3n) is 5.07. The van der Waals surface area contributed by atoms with Crippen LogP contribution in [0.15, 0.2) is 42.5 Å². The van der Waals surface area contributed by atoms with Crippen LogP contribution in [0.5, 0.6) is 5.75 Å². The molecule has 9 nitrogen and oxygen atoms in total. The molecule has 9 heteroatoms. The minimum absolute atomic E-state index is 0.0912. The lowest BCUT2D eigenvalue weighted by Gasteiger charge is -2.25. The van der Waals surface area contributed by atoms with E-state index in [1.807, 2.05) is 49.2 Å². The molecule has 0 radical (unpaired) electrons. The predicted octanol–water partition coefficient (Wildman–Crippen LogP) is 3.62. The van der Waals surface area contributed by atoms with Gasteiger partial charge in [-0.1, -0.05) is 24.3 Å². The molecule has 0 fully saturated rings. The van der Waals surface area contributed by atoms with Crippen LogP contribution in [-0.4, -0.2) is 55.2 Å². The number of likely N-dealkylation sites (N-methyl/N-ethyl adjacent to an activating group) is 1. The summed E-state index contributed by atoms with van der Waals surface area (Å²) in [5, 5.41) is 17.4. The van der Waals surface area contributed by atoms with E-state index in [1.165, 1.54) is 14.0 Å². The summed E-state index contributed by atoms with van der Waals surface area (Å²) in [6.45, 7) is 4.42. The number of carboxylic acid groups (broad SMARTS) is 1. The Bertz CT molecular complexity index is 979. The van der Waals surface area contributed by atoms with Crippen LogP contribution in [0, 0.1) is 6.92 Å². The first-order valence-electron chi connectivity index (χ1n) is 10.7. The van der Waals surface area contributed by atoms with Gasteiger partial charge in [0.05, 0.1) is 18.8 Å². The summed E-state index contributed by atoms with van der Waals surface area (Å²) < 4.78 is 5.48. The van der Waals surface area contributed by atoms with Crippen molar-refractivity contribution in [2.24, 2.45) is 0 Å². The van der Waals surface area contributed by atoms with Crippen LogP contribution in [0.25, 0.3) is 0 Å². The maximum atomic E-state index is 12.5. The van der Waals surface area contributed by atoms with Gasteiger partial charge in [0.15, 0.2) is 0 Å². The average Bonchev–Trinajstić information content (AvgIpc) is 2.74. The van der Waals surface area contributed by atoms with Crippen LogP contribution in [0.3, 0.4) is 0 Å². The van der Waals surface area contributed by atoms with Gasteiger partial charge in [-0.05, 0) is 56.3 Å². The third-order valence-corrected chi connectivity index (χ3v) is 5.07. The second kappa shape index (κ2) is 12.4. The van der Waals surface area contributed by atoms with Crippen molar-refractivity contribution in [3.63, 3.8) is 0 Å². The van der Waals surface area contributed by atoms with Gasteiger partial charge in [-0.15, -0.1) is 0 Å². The van der Waals surface area contributed by atoms with Crippen LogP contribution in [0.1, 0.15) is 36.9 Å². The van der Waals surface area contributed by atoms with Gasteiger partial charge in [0, 0.05) is 25.6 Å². The van der Waals surface area contributed by atoms with Crippen molar-refractivity contribution in [2.75, 3.05) is 37.9 Å². The summed E-state index contributed by atoms with van der Waals surface area (Å²) in [5.41, 5.74) is 2.95. The third kappa shape index (κ3) is 8.46. The van der Waals surface area contributed by atoms with Crippen molar-refractivity contribution in [3.05, 3.63) is 53.6 Å². The molecule has 2 aromatic carbocycles. The smallest absolute Gasteiger partial charge is 0.323 e. The molecule has 0 aliphatic rings. The van der Waals surface area contributed by atoms with Crippen molar-refractivity contribution in [3.8, 4) is 5.75 Å². The molecule has 0 aliphatic heterocycles. The summed E-state index contributed by atoms with van der Waals surface area (Å²) in [4.78, 5) is 37.0. The number of ether oxygens (including phenoxy) is 1. The van der Waals surface area contributed by atoms with Crippen LogP contribution in [0.4, 0.5) is 16.2 Å². The Morgan fingerprint density at radius 2 is 1.79 bits per heavy atom. The van der Waals surface area contributed by atoms with E-state index >= 15 is 0 Å². The highest BCUT2D eigenvalue weighted by Gasteiger charge is 2.18. The standard InChI is InChI=1S/C24H32N4O5/c1-16-8-5-6-9-19(16)26-24(32)27-20-12-11-18(14-22(20)33-4)21(25-17(2)29)15-28(3)13-7-10-23(30)31/h5-6,8-9,11-12,14,21H,7,10,13,15H2,1-4H3,(H,25,29)(H,30,31)(H2,26,27,32). The molecule has 33 heavy (non-hydrogen) atoms. The summed E-state index contributed by atoms with van der Waals surface area (Å²) in [7, 11) is 3.38. The topological polar surface area (TPSA) is 120 Å². The number of amides is 3. The molecule has 2 rings (SSSR count). The average molecular weight is 457 g/mol. The first-order valence-corrected chi connectivity index (χ1v) is 10.7. The monoisotopic (exact) mass is 456 g/mol. The molecular weight excluding hydrogens is 424 g/mol. The van der Waals surface area contributed by atoms with E-state index < -0.39 is 12.0 Å². The predicted molar refractivity (Wildman–Crippen MR) is 128 cm³/mol. The quantitative estimate of drug-likeness (QED) is 0.410. The highest BCUT2D eigenvalue weighted by atomic mass is 16.5. The Kier molecular flexibility index (Phi) is 9.68. The maximum absolute atomic E-state index is 12.5. The fourth-order valence-electron chi connectivity index (χ4n) is 3.40. The van der Waals surface area contributed by atoms with Crippen LogP contribution in [-0.2, 0) is 9.59 Å². The fraction of sp³-hybridized carbons (Fsp3) is 0.375. The molecule has 0 bridgehead atoms. The van der Waals surface area contributed by atoms with E-state index in [0.29, 0.717) is 36.6 Å². The second-order valence-corrected chi connectivity index (χ2v) is 7.87. The molecule has 0 spiro atoms.